The van der Waals surface area contributed by atoms with E-state index in [0.29, 0.717) is 0 Å². The molecule has 0 fully saturated rings. The third kappa shape index (κ3) is 5.16. The fourth-order valence-electron chi connectivity index (χ4n) is 2.87. The Morgan fingerprint density at radius 1 is 0.639 bits per heavy atom. The lowest BCUT2D eigenvalue weighted by atomic mass is 10.3. The zero-order valence-corrected chi connectivity index (χ0v) is 19.8. The molecule has 16 heteroatoms. The first-order chi connectivity index (χ1) is 17.4. The maximum atomic E-state index is 12.6. The lowest BCUT2D eigenvalue weighted by molar-refractivity contribution is 0.0469. The van der Waals surface area contributed by atoms with Gasteiger partial charge in [0, 0.05) is 0 Å². The van der Waals surface area contributed by atoms with Crippen molar-refractivity contribution in [1.29, 1.82) is 0 Å². The summed E-state index contributed by atoms with van der Waals surface area (Å²) in [5, 5.41) is 15.1. The van der Waals surface area contributed by atoms with Crippen LogP contribution >= 0.6 is 0 Å². The topological polar surface area (TPSA) is 192 Å². The molecule has 0 saturated heterocycles. The summed E-state index contributed by atoms with van der Waals surface area (Å²) in [5.41, 5.74) is -1.48. The largest absolute Gasteiger partial charge is 0.461 e. The maximum absolute atomic E-state index is 12.6. The summed E-state index contributed by atoms with van der Waals surface area (Å²) >= 11 is 0. The smallest absolute Gasteiger partial charge is 0.361 e. The zero-order valence-electron chi connectivity index (χ0n) is 19.8. The summed E-state index contributed by atoms with van der Waals surface area (Å²) in [6.07, 6.45) is 2.42. The average Bonchev–Trinajstić information content (AvgIpc) is 3.50. The van der Waals surface area contributed by atoms with E-state index in [2.05, 4.69) is 30.6 Å². The van der Waals surface area contributed by atoms with Gasteiger partial charge in [-0.1, -0.05) is 10.4 Å². The summed E-state index contributed by atoms with van der Waals surface area (Å²) in [5.74, 6) is -3.79. The Kier molecular flexibility index (Phi) is 8.32. The highest BCUT2D eigenvalue weighted by atomic mass is 16.5. The normalized spacial score (nSPS) is 10.6. The Hall–Kier alpha value is -4.76. The van der Waals surface area contributed by atoms with Crippen molar-refractivity contribution < 1.29 is 38.1 Å². The molecule has 0 spiro atoms. The molecule has 36 heavy (non-hydrogen) atoms. The molecule has 0 unspecified atom stereocenters. The van der Waals surface area contributed by atoms with Crippen LogP contribution in [0.2, 0.25) is 0 Å². The van der Waals surface area contributed by atoms with E-state index in [1.54, 1.807) is 27.7 Å². The first kappa shape index (κ1) is 25.9. The van der Waals surface area contributed by atoms with Crippen LogP contribution in [0.5, 0.6) is 0 Å². The van der Waals surface area contributed by atoms with Crippen molar-refractivity contribution in [3.05, 3.63) is 35.2 Å². The minimum atomic E-state index is -0.907. The molecular weight excluding hydrogens is 480 g/mol. The van der Waals surface area contributed by atoms with Gasteiger partial charge in [0.1, 0.15) is 0 Å². The predicted molar refractivity (Wildman–Crippen MR) is 116 cm³/mol. The minimum Gasteiger partial charge on any atom is -0.461 e. The van der Waals surface area contributed by atoms with E-state index < -0.39 is 23.9 Å². The number of esters is 4. The molecule has 0 aromatic carbocycles. The molecule has 190 valence electrons. The van der Waals surface area contributed by atoms with E-state index in [1.807, 2.05) is 0 Å². The van der Waals surface area contributed by atoms with Crippen LogP contribution in [0, 0.1) is 0 Å². The zero-order chi connectivity index (χ0) is 26.2. The molecule has 16 nitrogen and oxygen atoms in total. The molecule has 0 aliphatic rings. The van der Waals surface area contributed by atoms with Gasteiger partial charge in [-0.15, -0.1) is 10.2 Å². The molecule has 0 N–H and O–H groups in total. The highest BCUT2D eigenvalue weighted by Crippen LogP contribution is 2.17. The molecule has 0 radical (unpaired) electrons. The van der Waals surface area contributed by atoms with Gasteiger partial charge in [0.2, 0.25) is 11.4 Å². The quantitative estimate of drug-likeness (QED) is 0.272. The van der Waals surface area contributed by atoms with Crippen molar-refractivity contribution in [2.24, 2.45) is 0 Å². The van der Waals surface area contributed by atoms with Gasteiger partial charge in [0.05, 0.1) is 38.8 Å². The van der Waals surface area contributed by atoms with Gasteiger partial charge in [-0.05, 0) is 27.7 Å². The summed E-state index contributed by atoms with van der Waals surface area (Å²) < 4.78 is 21.8. The number of carbonyl (C=O) groups is 4. The van der Waals surface area contributed by atoms with Crippen molar-refractivity contribution in [3.63, 3.8) is 0 Å². The number of hydrogen-bond acceptors (Lipinski definition) is 14. The first-order valence-electron chi connectivity index (χ1n) is 10.8. The highest BCUT2D eigenvalue weighted by Gasteiger charge is 2.31. The molecule has 0 saturated carbocycles. The van der Waals surface area contributed by atoms with Crippen LogP contribution in [-0.2, 0) is 18.9 Å². The predicted octanol–water partition coefficient (Wildman–Crippen LogP) is 0.345. The number of nitrogens with zero attached hydrogens (tertiary/aromatic N) is 8. The van der Waals surface area contributed by atoms with E-state index in [-0.39, 0.29) is 60.8 Å². The Morgan fingerprint density at radius 2 is 1.00 bits per heavy atom. The Bertz CT molecular complexity index is 1190. The van der Waals surface area contributed by atoms with Gasteiger partial charge in [0.25, 0.3) is 0 Å². The lowest BCUT2D eigenvalue weighted by Gasteiger charge is -2.09. The standard InChI is InChI=1S/C20H22N8O8/c1-5-33-17(29)13-15(19(31)35-7-3)27(25-23-13)11-9-21-10-12(22-11)28-16(20(32)36-8-4)14(24-26-28)18(30)34-6-2/h9-10H,5-8H2,1-4H3. The fourth-order valence-corrected chi connectivity index (χ4v) is 2.87. The number of ether oxygens (including phenoxy) is 4. The van der Waals surface area contributed by atoms with Crippen molar-refractivity contribution in [2.45, 2.75) is 27.7 Å². The van der Waals surface area contributed by atoms with Crippen LogP contribution in [0.25, 0.3) is 11.6 Å². The highest BCUT2D eigenvalue weighted by molar-refractivity contribution is 6.01. The van der Waals surface area contributed by atoms with E-state index in [9.17, 15) is 19.2 Å². The van der Waals surface area contributed by atoms with Crippen molar-refractivity contribution in [1.82, 2.24) is 40.0 Å². The molecule has 0 aliphatic carbocycles. The minimum absolute atomic E-state index is 0.0104. The summed E-state index contributed by atoms with van der Waals surface area (Å²) in [6.45, 7) is 6.44. The van der Waals surface area contributed by atoms with Crippen molar-refractivity contribution >= 4 is 23.9 Å². The molecule has 3 aromatic rings. The molecule has 0 atom stereocenters. The van der Waals surface area contributed by atoms with E-state index in [1.165, 1.54) is 12.4 Å². The van der Waals surface area contributed by atoms with Gasteiger partial charge in [-0.2, -0.15) is 9.36 Å². The molecule has 3 heterocycles. The van der Waals surface area contributed by atoms with Gasteiger partial charge in [-0.3, -0.25) is 4.98 Å². The number of carbonyl (C=O) groups excluding carboxylic acids is 4. The molecule has 0 amide bonds. The van der Waals surface area contributed by atoms with E-state index in [4.69, 9.17) is 18.9 Å². The molecule has 0 aliphatic heterocycles. The number of rotatable bonds is 10. The summed E-state index contributed by atoms with van der Waals surface area (Å²) in [6, 6.07) is 0. The molecule has 0 bridgehead atoms. The SMILES string of the molecule is CCOC(=O)c1nnn(-c2cncc(-n3nnc(C(=O)OCC)c3C(=O)OCC)n2)c1C(=O)OCC. The molecule has 3 rings (SSSR count). The second kappa shape index (κ2) is 11.6. The van der Waals surface area contributed by atoms with Crippen LogP contribution < -0.4 is 0 Å². The second-order valence-corrected chi connectivity index (χ2v) is 6.51. The van der Waals surface area contributed by atoms with Crippen LogP contribution in [0.1, 0.15) is 69.6 Å². The van der Waals surface area contributed by atoms with Gasteiger partial charge in [0.15, 0.2) is 23.0 Å². The fraction of sp³-hybridized carbons (Fsp3) is 0.400. The number of aromatic nitrogens is 8. The van der Waals surface area contributed by atoms with Crippen LogP contribution in [0.15, 0.2) is 12.4 Å². The summed E-state index contributed by atoms with van der Waals surface area (Å²) in [4.78, 5) is 58.2. The first-order valence-corrected chi connectivity index (χ1v) is 10.8. The average molecular weight is 502 g/mol. The third-order valence-corrected chi connectivity index (χ3v) is 4.26. The summed E-state index contributed by atoms with van der Waals surface area (Å²) in [7, 11) is 0. The van der Waals surface area contributed by atoms with E-state index >= 15 is 0 Å². The van der Waals surface area contributed by atoms with Crippen molar-refractivity contribution in [2.75, 3.05) is 26.4 Å². The monoisotopic (exact) mass is 502 g/mol. The van der Waals surface area contributed by atoms with Gasteiger partial charge in [-0.25, -0.2) is 24.2 Å². The van der Waals surface area contributed by atoms with E-state index in [0.717, 1.165) is 9.36 Å². The van der Waals surface area contributed by atoms with Crippen molar-refractivity contribution in [3.8, 4) is 11.6 Å². The second-order valence-electron chi connectivity index (χ2n) is 6.51. The van der Waals surface area contributed by atoms with Crippen LogP contribution in [-0.4, -0.2) is 90.3 Å². The lowest BCUT2D eigenvalue weighted by Crippen LogP contribution is -2.20. The third-order valence-electron chi connectivity index (χ3n) is 4.26. The van der Waals surface area contributed by atoms with Gasteiger partial charge >= 0.3 is 23.9 Å². The maximum Gasteiger partial charge on any atom is 0.361 e. The number of hydrogen-bond donors (Lipinski definition) is 0. The Labute approximate surface area is 203 Å². The Morgan fingerprint density at radius 3 is 1.36 bits per heavy atom. The molecular formula is C20H22N8O8. The molecule has 3 aromatic heterocycles. The van der Waals surface area contributed by atoms with Crippen LogP contribution in [0.4, 0.5) is 0 Å². The Balaban J connectivity index is 2.14. The van der Waals surface area contributed by atoms with Crippen LogP contribution in [0.3, 0.4) is 0 Å². The van der Waals surface area contributed by atoms with Gasteiger partial charge < -0.3 is 18.9 Å².